The average molecular weight is 399 g/mol. The van der Waals surface area contributed by atoms with Gasteiger partial charge in [-0.05, 0) is 23.8 Å². The van der Waals surface area contributed by atoms with Gasteiger partial charge in [-0.1, -0.05) is 35.1 Å². The molecule has 4 aromatic rings. The molecule has 1 N–H and O–H groups in total. The Morgan fingerprint density at radius 3 is 2.70 bits per heavy atom. The second kappa shape index (κ2) is 7.73. The van der Waals surface area contributed by atoms with Crippen LogP contribution in [-0.4, -0.2) is 31.8 Å². The van der Waals surface area contributed by atoms with E-state index in [1.807, 2.05) is 35.1 Å². The van der Waals surface area contributed by atoms with Crippen molar-refractivity contribution in [2.75, 3.05) is 12.4 Å². The minimum atomic E-state index is 0.477. The number of anilines is 2. The zero-order valence-electron chi connectivity index (χ0n) is 14.3. The van der Waals surface area contributed by atoms with Gasteiger partial charge in [0.2, 0.25) is 5.95 Å². The van der Waals surface area contributed by atoms with Crippen molar-refractivity contribution in [3.63, 3.8) is 0 Å². The van der Waals surface area contributed by atoms with E-state index in [9.17, 15) is 0 Å². The van der Waals surface area contributed by atoms with Crippen LogP contribution in [0, 0.1) is 0 Å². The number of aromatic nitrogens is 5. The zero-order chi connectivity index (χ0) is 18.6. The van der Waals surface area contributed by atoms with E-state index in [-0.39, 0.29) is 0 Å². The molecular formula is C18H15ClN6OS. The number of ether oxygens (including phenoxy) is 1. The Morgan fingerprint density at radius 2 is 1.96 bits per heavy atom. The van der Waals surface area contributed by atoms with Gasteiger partial charge in [0.15, 0.2) is 5.13 Å². The molecule has 0 spiro atoms. The van der Waals surface area contributed by atoms with Crippen LogP contribution in [0.25, 0.3) is 11.3 Å². The maximum Gasteiger partial charge on any atom is 0.228 e. The van der Waals surface area contributed by atoms with Gasteiger partial charge in [0.25, 0.3) is 0 Å². The molecule has 0 radical (unpaired) electrons. The molecule has 27 heavy (non-hydrogen) atoms. The fraction of sp³-hybridized carbons (Fsp3) is 0.111. The molecule has 0 saturated heterocycles. The van der Waals surface area contributed by atoms with Gasteiger partial charge in [0.05, 0.1) is 19.9 Å². The topological polar surface area (TPSA) is 77.8 Å². The van der Waals surface area contributed by atoms with Crippen LogP contribution >= 0.6 is 22.9 Å². The molecule has 0 fully saturated rings. The highest BCUT2D eigenvalue weighted by Gasteiger charge is 2.14. The van der Waals surface area contributed by atoms with E-state index in [0.29, 0.717) is 27.7 Å². The first-order valence-corrected chi connectivity index (χ1v) is 9.27. The van der Waals surface area contributed by atoms with Crippen molar-refractivity contribution in [3.05, 3.63) is 65.0 Å². The molecule has 0 saturated carbocycles. The lowest BCUT2D eigenvalue weighted by Crippen LogP contribution is -1.99. The molecule has 9 heteroatoms. The van der Waals surface area contributed by atoms with Crippen molar-refractivity contribution in [2.45, 2.75) is 6.54 Å². The molecule has 0 bridgehead atoms. The lowest BCUT2D eigenvalue weighted by atomic mass is 10.2. The summed E-state index contributed by atoms with van der Waals surface area (Å²) < 4.78 is 7.61. The van der Waals surface area contributed by atoms with Gasteiger partial charge < -0.3 is 4.74 Å². The van der Waals surface area contributed by atoms with Crippen LogP contribution in [0.5, 0.6) is 5.75 Å². The second-order valence-corrected chi connectivity index (χ2v) is 7.21. The van der Waals surface area contributed by atoms with E-state index in [1.54, 1.807) is 31.8 Å². The summed E-state index contributed by atoms with van der Waals surface area (Å²) in [5, 5.41) is 8.09. The van der Waals surface area contributed by atoms with Crippen LogP contribution in [-0.2, 0) is 6.54 Å². The highest BCUT2D eigenvalue weighted by Crippen LogP contribution is 2.35. The summed E-state index contributed by atoms with van der Waals surface area (Å²) in [5.41, 5.74) is 2.66. The largest absolute Gasteiger partial charge is 0.497 e. The van der Waals surface area contributed by atoms with Crippen LogP contribution in [0.3, 0.4) is 0 Å². The SMILES string of the molecule is COc1ccc(Cn2cc(-c3nc(Nc4ncccn4)sc3Cl)cn2)cc1. The monoisotopic (exact) mass is 398 g/mol. The van der Waals surface area contributed by atoms with E-state index in [1.165, 1.54) is 11.3 Å². The summed E-state index contributed by atoms with van der Waals surface area (Å²) in [7, 11) is 1.65. The third-order valence-corrected chi connectivity index (χ3v) is 4.95. The molecule has 7 nitrogen and oxygen atoms in total. The molecule has 136 valence electrons. The fourth-order valence-electron chi connectivity index (χ4n) is 2.48. The van der Waals surface area contributed by atoms with Crippen molar-refractivity contribution in [1.82, 2.24) is 24.7 Å². The molecule has 0 unspecified atom stereocenters. The van der Waals surface area contributed by atoms with Crippen LogP contribution < -0.4 is 10.1 Å². The van der Waals surface area contributed by atoms with Crippen LogP contribution in [0.4, 0.5) is 11.1 Å². The van der Waals surface area contributed by atoms with E-state index >= 15 is 0 Å². The summed E-state index contributed by atoms with van der Waals surface area (Å²) in [4.78, 5) is 12.8. The van der Waals surface area contributed by atoms with Gasteiger partial charge in [-0.2, -0.15) is 5.10 Å². The van der Waals surface area contributed by atoms with E-state index in [0.717, 1.165) is 16.9 Å². The number of nitrogens with zero attached hydrogens (tertiary/aromatic N) is 5. The summed E-state index contributed by atoms with van der Waals surface area (Å²) in [5.74, 6) is 1.31. The molecule has 1 aromatic carbocycles. The van der Waals surface area contributed by atoms with Crippen molar-refractivity contribution in [2.24, 2.45) is 0 Å². The van der Waals surface area contributed by atoms with Gasteiger partial charge in [0.1, 0.15) is 15.8 Å². The Labute approximate surface area is 164 Å². The Balaban J connectivity index is 1.50. The minimum absolute atomic E-state index is 0.477. The van der Waals surface area contributed by atoms with Gasteiger partial charge in [-0.3, -0.25) is 10.00 Å². The van der Waals surface area contributed by atoms with E-state index in [2.05, 4.69) is 25.4 Å². The van der Waals surface area contributed by atoms with Gasteiger partial charge in [-0.25, -0.2) is 15.0 Å². The van der Waals surface area contributed by atoms with E-state index < -0.39 is 0 Å². The molecule has 0 atom stereocenters. The predicted molar refractivity (Wildman–Crippen MR) is 106 cm³/mol. The predicted octanol–water partition coefficient (Wildman–Crippen LogP) is 4.25. The number of halogens is 1. The fourth-order valence-corrected chi connectivity index (χ4v) is 3.56. The molecule has 0 amide bonds. The lowest BCUT2D eigenvalue weighted by Gasteiger charge is -2.03. The molecule has 4 rings (SSSR count). The van der Waals surface area contributed by atoms with Gasteiger partial charge in [0, 0.05) is 24.2 Å². The first-order chi connectivity index (χ1) is 13.2. The molecule has 3 aromatic heterocycles. The lowest BCUT2D eigenvalue weighted by molar-refractivity contribution is 0.414. The maximum atomic E-state index is 6.37. The third kappa shape index (κ3) is 4.07. The second-order valence-electron chi connectivity index (χ2n) is 5.61. The highest BCUT2D eigenvalue weighted by atomic mass is 35.5. The molecule has 0 aliphatic rings. The van der Waals surface area contributed by atoms with Crippen molar-refractivity contribution in [3.8, 4) is 17.0 Å². The summed E-state index contributed by atoms with van der Waals surface area (Å²) >= 11 is 7.71. The number of nitrogens with one attached hydrogen (secondary N) is 1. The number of rotatable bonds is 6. The van der Waals surface area contributed by atoms with E-state index in [4.69, 9.17) is 16.3 Å². The minimum Gasteiger partial charge on any atom is -0.497 e. The van der Waals surface area contributed by atoms with Crippen LogP contribution in [0.2, 0.25) is 4.34 Å². The first-order valence-electron chi connectivity index (χ1n) is 8.07. The van der Waals surface area contributed by atoms with Crippen molar-refractivity contribution >= 4 is 34.0 Å². The Kier molecular flexibility index (Phi) is 4.99. The van der Waals surface area contributed by atoms with Gasteiger partial charge in [-0.15, -0.1) is 0 Å². The summed E-state index contributed by atoms with van der Waals surface area (Å²) in [6.07, 6.45) is 7.00. The Hall–Kier alpha value is -2.97. The smallest absolute Gasteiger partial charge is 0.228 e. The standard InChI is InChI=1S/C18H15ClN6OS/c1-26-14-5-3-12(4-6-14)10-25-11-13(9-22-25)15-16(19)27-18(23-15)24-17-20-7-2-8-21-17/h2-9,11H,10H2,1H3,(H,20,21,23,24). The number of thiazole rings is 1. The van der Waals surface area contributed by atoms with Crippen molar-refractivity contribution < 1.29 is 4.74 Å². The summed E-state index contributed by atoms with van der Waals surface area (Å²) in [6.45, 7) is 0.648. The normalized spacial score (nSPS) is 10.7. The first kappa shape index (κ1) is 17.4. The average Bonchev–Trinajstić information content (AvgIpc) is 3.29. The Morgan fingerprint density at radius 1 is 1.19 bits per heavy atom. The molecule has 0 aliphatic carbocycles. The Bertz CT molecular complexity index is 1030. The third-order valence-electron chi connectivity index (χ3n) is 3.78. The molecular weight excluding hydrogens is 384 g/mol. The van der Waals surface area contributed by atoms with Crippen molar-refractivity contribution in [1.29, 1.82) is 0 Å². The number of hydrogen-bond donors (Lipinski definition) is 1. The van der Waals surface area contributed by atoms with Crippen LogP contribution in [0.15, 0.2) is 55.1 Å². The zero-order valence-corrected chi connectivity index (χ0v) is 15.9. The molecule has 3 heterocycles. The highest BCUT2D eigenvalue weighted by molar-refractivity contribution is 7.20. The number of methoxy groups -OCH3 is 1. The quantitative estimate of drug-likeness (QED) is 0.523. The summed E-state index contributed by atoms with van der Waals surface area (Å²) in [6, 6.07) is 9.64. The molecule has 0 aliphatic heterocycles. The number of hydrogen-bond acceptors (Lipinski definition) is 7. The van der Waals surface area contributed by atoms with Crippen LogP contribution in [0.1, 0.15) is 5.56 Å². The maximum absolute atomic E-state index is 6.37. The number of benzene rings is 1. The van der Waals surface area contributed by atoms with Gasteiger partial charge >= 0.3 is 0 Å².